The number of allylic oxidation sites excluding steroid dienone is 2. The third-order valence-electron chi connectivity index (χ3n) is 14.3. The maximum Gasteiger partial charge on any atom is 0.414 e. The Morgan fingerprint density at radius 1 is 0.956 bits per heavy atom. The molecule has 4 fully saturated rings. The first-order chi connectivity index (χ1) is 21.4. The minimum atomic E-state index is -0.343. The summed E-state index contributed by atoms with van der Waals surface area (Å²) >= 11 is 0. The lowest BCUT2D eigenvalue weighted by molar-refractivity contribution is -1.23. The molecule has 10 unspecified atom stereocenters. The van der Waals surface area contributed by atoms with Crippen LogP contribution in [-0.4, -0.2) is 30.6 Å². The van der Waals surface area contributed by atoms with E-state index in [1.54, 1.807) is 0 Å². The van der Waals surface area contributed by atoms with Gasteiger partial charge in [0.15, 0.2) is 6.20 Å². The fourth-order valence-corrected chi connectivity index (χ4v) is 11.7. The van der Waals surface area contributed by atoms with E-state index >= 15 is 0 Å². The average Bonchev–Trinajstić information content (AvgIpc) is 3.57. The first-order valence-corrected chi connectivity index (χ1v) is 18.7. The fraction of sp³-hybridized carbons (Fsp3) is 0.775. The minimum absolute atomic E-state index is 0.0655. The molecule has 0 radical (unpaired) electrons. The molecule has 45 heavy (non-hydrogen) atoms. The Kier molecular flexibility index (Phi) is 8.13. The van der Waals surface area contributed by atoms with E-state index in [9.17, 15) is 0 Å². The summed E-state index contributed by atoms with van der Waals surface area (Å²) in [6.07, 6.45) is 16.1. The molecule has 0 amide bonds. The normalized spacial score (nSPS) is 44.2. The molecule has 10 atom stereocenters. The minimum Gasteiger partial charge on any atom is -0.384 e. The lowest BCUT2D eigenvalue weighted by Crippen LogP contribution is -2.57. The van der Waals surface area contributed by atoms with Gasteiger partial charge in [0, 0.05) is 45.7 Å². The highest BCUT2D eigenvalue weighted by Gasteiger charge is 2.94. The van der Waals surface area contributed by atoms with E-state index in [-0.39, 0.29) is 28.0 Å². The SMILES string of the molecule is C=C1NCC2=C(c3cccc[n+]3C3(C)C2[N+]3(OC)OC(CC2CC(C)CC(CC)C2)C2CC3CC(C)CC(C3)C2)C(C)C1(C)C. The van der Waals surface area contributed by atoms with Gasteiger partial charge in [0.25, 0.3) is 0 Å². The maximum absolute atomic E-state index is 7.76. The fourth-order valence-electron chi connectivity index (χ4n) is 11.7. The van der Waals surface area contributed by atoms with Crippen LogP contribution >= 0.6 is 0 Å². The van der Waals surface area contributed by atoms with Gasteiger partial charge in [0.05, 0.1) is 14.0 Å². The third-order valence-corrected chi connectivity index (χ3v) is 14.3. The molecular formula is C40H63N3O2+2. The summed E-state index contributed by atoms with van der Waals surface area (Å²) in [5.41, 5.74) is 4.95. The Hall–Kier alpha value is -1.69. The van der Waals surface area contributed by atoms with Gasteiger partial charge < -0.3 is 5.32 Å². The smallest absolute Gasteiger partial charge is 0.384 e. The molecule has 7 rings (SSSR count). The second kappa shape index (κ2) is 11.5. The topological polar surface area (TPSA) is 34.4 Å². The first kappa shape index (κ1) is 31.9. The van der Waals surface area contributed by atoms with Crippen LogP contribution in [0.2, 0.25) is 0 Å². The van der Waals surface area contributed by atoms with Gasteiger partial charge >= 0.3 is 11.7 Å². The molecule has 0 aromatic carbocycles. The summed E-state index contributed by atoms with van der Waals surface area (Å²) in [5, 5.41) is 3.78. The van der Waals surface area contributed by atoms with Crippen LogP contribution in [0.1, 0.15) is 118 Å². The van der Waals surface area contributed by atoms with E-state index in [1.165, 1.54) is 81.0 Å². The van der Waals surface area contributed by atoms with Crippen molar-refractivity contribution in [3.63, 3.8) is 0 Å². The van der Waals surface area contributed by atoms with Crippen molar-refractivity contribution in [1.82, 2.24) is 5.32 Å². The zero-order valence-corrected chi connectivity index (χ0v) is 29.8. The van der Waals surface area contributed by atoms with Gasteiger partial charge in [-0.25, -0.2) is 0 Å². The van der Waals surface area contributed by atoms with E-state index in [1.807, 2.05) is 7.11 Å². The molecule has 1 aromatic heterocycles. The molecule has 2 bridgehead atoms. The molecule has 4 heterocycles. The van der Waals surface area contributed by atoms with Gasteiger partial charge in [-0.15, -0.1) is 4.57 Å². The summed E-state index contributed by atoms with van der Waals surface area (Å²) in [6, 6.07) is 6.85. The molecule has 3 aliphatic heterocycles. The lowest BCUT2D eigenvalue weighted by atomic mass is 9.63. The molecule has 248 valence electrons. The summed E-state index contributed by atoms with van der Waals surface area (Å²) in [6.45, 7) is 22.2. The summed E-state index contributed by atoms with van der Waals surface area (Å²) in [5.74, 6) is 5.98. The average molecular weight is 618 g/mol. The van der Waals surface area contributed by atoms with Crippen LogP contribution in [0.15, 0.2) is 42.2 Å². The van der Waals surface area contributed by atoms with Crippen LogP contribution in [0, 0.1) is 52.8 Å². The van der Waals surface area contributed by atoms with Crippen molar-refractivity contribution in [2.75, 3.05) is 13.7 Å². The van der Waals surface area contributed by atoms with Crippen LogP contribution in [0.25, 0.3) is 5.57 Å². The highest BCUT2D eigenvalue weighted by molar-refractivity contribution is 5.71. The highest BCUT2D eigenvalue weighted by atomic mass is 17.0. The molecule has 3 saturated carbocycles. The molecule has 0 spiro atoms. The van der Waals surface area contributed by atoms with Crippen molar-refractivity contribution in [2.45, 2.75) is 130 Å². The van der Waals surface area contributed by atoms with E-state index in [2.05, 4.69) is 89.3 Å². The van der Waals surface area contributed by atoms with Crippen LogP contribution in [-0.2, 0) is 15.3 Å². The summed E-state index contributed by atoms with van der Waals surface area (Å²) in [4.78, 5) is 14.8. The Morgan fingerprint density at radius 2 is 1.64 bits per heavy atom. The number of quaternary nitrogens is 1. The first-order valence-electron chi connectivity index (χ1n) is 18.7. The number of pyridine rings is 1. The van der Waals surface area contributed by atoms with Gasteiger partial charge in [-0.05, 0) is 111 Å². The number of nitrogens with zero attached hydrogens (tertiary/aromatic N) is 2. The van der Waals surface area contributed by atoms with E-state index in [0.29, 0.717) is 11.8 Å². The highest BCUT2D eigenvalue weighted by Crippen LogP contribution is 2.62. The van der Waals surface area contributed by atoms with Gasteiger partial charge in [-0.3, -0.25) is 0 Å². The number of nitrogens with one attached hydrogen (secondary N) is 1. The van der Waals surface area contributed by atoms with Gasteiger partial charge in [0.2, 0.25) is 5.69 Å². The van der Waals surface area contributed by atoms with E-state index in [0.717, 1.165) is 47.7 Å². The number of fused-ring (bicyclic) bond motifs is 7. The van der Waals surface area contributed by atoms with Gasteiger partial charge in [0.1, 0.15) is 6.10 Å². The standard InChI is InChI=1S/C40H63N3O2/c1-10-29-15-25(2)18-32(19-29)23-36(33-21-30-16-26(3)17-31(20-30)22-33)45-43(44-9)38-34-24-41-28(5)39(6,7)27(4)37(34)35-13-11-12-14-42(35)40(38,43)8/h11-14,25-27,29-33,36,38,41H,5,10,15-24H2,1-4,6-9H3/q+2. The molecular weight excluding hydrogens is 554 g/mol. The molecule has 3 aliphatic carbocycles. The Balaban J connectivity index is 1.28. The number of hydrogen-bond acceptors (Lipinski definition) is 3. The van der Waals surface area contributed by atoms with E-state index < -0.39 is 0 Å². The molecule has 1 aromatic rings. The Labute approximate surface area is 274 Å². The quantitative estimate of drug-likeness (QED) is 0.189. The van der Waals surface area contributed by atoms with Crippen molar-refractivity contribution < 1.29 is 19.1 Å². The van der Waals surface area contributed by atoms with Crippen molar-refractivity contribution in [2.24, 2.45) is 52.8 Å². The number of aromatic nitrogens is 1. The molecule has 1 saturated heterocycles. The van der Waals surface area contributed by atoms with Crippen LogP contribution < -0.4 is 9.88 Å². The third kappa shape index (κ3) is 5.00. The molecule has 5 heteroatoms. The Morgan fingerprint density at radius 3 is 2.33 bits per heavy atom. The zero-order valence-electron chi connectivity index (χ0n) is 29.8. The predicted octanol–water partition coefficient (Wildman–Crippen LogP) is 8.57. The van der Waals surface area contributed by atoms with Crippen LogP contribution in [0.4, 0.5) is 0 Å². The second-order valence-corrected chi connectivity index (χ2v) is 17.6. The summed E-state index contributed by atoms with van der Waals surface area (Å²) in [7, 11) is 1.91. The van der Waals surface area contributed by atoms with Crippen molar-refractivity contribution >= 4 is 5.57 Å². The van der Waals surface area contributed by atoms with Crippen molar-refractivity contribution in [1.29, 1.82) is 0 Å². The number of hydrogen-bond donors (Lipinski definition) is 1. The predicted molar refractivity (Wildman–Crippen MR) is 181 cm³/mol. The largest absolute Gasteiger partial charge is 0.414 e. The van der Waals surface area contributed by atoms with E-state index in [4.69, 9.17) is 9.68 Å². The zero-order chi connectivity index (χ0) is 31.9. The second-order valence-electron chi connectivity index (χ2n) is 17.6. The molecule has 6 aliphatic rings. The summed E-state index contributed by atoms with van der Waals surface area (Å²) < 4.78 is 2.52. The lowest BCUT2D eigenvalue weighted by Gasteiger charge is -2.44. The molecule has 5 nitrogen and oxygen atoms in total. The number of hydroxylamine groups is 4. The van der Waals surface area contributed by atoms with Gasteiger partial charge in [-0.2, -0.15) is 9.68 Å². The molecule has 1 N–H and O–H groups in total. The monoisotopic (exact) mass is 617 g/mol. The number of rotatable bonds is 7. The van der Waals surface area contributed by atoms with Gasteiger partial charge in [-0.1, -0.05) is 54.5 Å². The van der Waals surface area contributed by atoms with Crippen molar-refractivity contribution in [3.8, 4) is 0 Å². The Bertz CT molecular complexity index is 1320. The van der Waals surface area contributed by atoms with Crippen LogP contribution in [0.3, 0.4) is 0 Å². The maximum atomic E-state index is 7.76. The van der Waals surface area contributed by atoms with Crippen LogP contribution in [0.5, 0.6) is 0 Å². The van der Waals surface area contributed by atoms with Crippen molar-refractivity contribution in [3.05, 3.63) is 47.9 Å².